The molecular formula is C20H25N5O2. The fourth-order valence-electron chi connectivity index (χ4n) is 3.98. The minimum Gasteiger partial charge on any atom is -0.357 e. The maximum absolute atomic E-state index is 13.3. The SMILES string of the molecule is O=C(c1ccc[nH]1)N1CCN(C(=O)C(c2cccnc2)N2CCCC2)CC1. The molecule has 0 spiro atoms. The number of aromatic nitrogens is 2. The van der Waals surface area contributed by atoms with Crippen LogP contribution in [0.2, 0.25) is 0 Å². The van der Waals surface area contributed by atoms with Crippen molar-refractivity contribution in [1.82, 2.24) is 24.7 Å². The molecule has 7 nitrogen and oxygen atoms in total. The molecule has 2 saturated heterocycles. The van der Waals surface area contributed by atoms with E-state index in [1.54, 1.807) is 24.7 Å². The van der Waals surface area contributed by atoms with E-state index in [4.69, 9.17) is 0 Å². The van der Waals surface area contributed by atoms with Crippen LogP contribution in [-0.2, 0) is 4.79 Å². The normalized spacial score (nSPS) is 19.3. The highest BCUT2D eigenvalue weighted by Crippen LogP contribution is 2.27. The largest absolute Gasteiger partial charge is 0.357 e. The molecular weight excluding hydrogens is 342 g/mol. The predicted molar refractivity (Wildman–Crippen MR) is 101 cm³/mol. The summed E-state index contributed by atoms with van der Waals surface area (Å²) in [7, 11) is 0. The average molecular weight is 367 g/mol. The quantitative estimate of drug-likeness (QED) is 0.890. The molecule has 2 aromatic rings. The summed E-state index contributed by atoms with van der Waals surface area (Å²) in [6, 6.07) is 7.21. The number of nitrogens with zero attached hydrogens (tertiary/aromatic N) is 4. The molecule has 2 fully saturated rings. The monoisotopic (exact) mass is 367 g/mol. The summed E-state index contributed by atoms with van der Waals surface area (Å²) in [6.45, 7) is 4.13. The number of likely N-dealkylation sites (tertiary alicyclic amines) is 1. The fourth-order valence-corrected chi connectivity index (χ4v) is 3.98. The molecule has 1 N–H and O–H groups in total. The molecule has 4 rings (SSSR count). The highest BCUT2D eigenvalue weighted by molar-refractivity contribution is 5.92. The lowest BCUT2D eigenvalue weighted by atomic mass is 10.1. The Morgan fingerprint density at radius 2 is 1.70 bits per heavy atom. The summed E-state index contributed by atoms with van der Waals surface area (Å²) < 4.78 is 0. The lowest BCUT2D eigenvalue weighted by Crippen LogP contribution is -2.53. The van der Waals surface area contributed by atoms with Crippen LogP contribution < -0.4 is 0 Å². The van der Waals surface area contributed by atoms with Crippen LogP contribution in [0.4, 0.5) is 0 Å². The number of pyridine rings is 1. The van der Waals surface area contributed by atoms with Crippen LogP contribution in [-0.4, -0.2) is 75.8 Å². The van der Waals surface area contributed by atoms with Gasteiger partial charge in [-0.05, 0) is 49.7 Å². The standard InChI is InChI=1S/C20H25N5O2/c26-19(17-6-4-8-22-17)24-11-13-25(14-12-24)20(27)18(23-9-1-2-10-23)16-5-3-7-21-15-16/h3-8,15,18,22H,1-2,9-14H2. The molecule has 1 atom stereocenters. The van der Waals surface area contributed by atoms with Gasteiger partial charge in [0.1, 0.15) is 11.7 Å². The van der Waals surface area contributed by atoms with Crippen molar-refractivity contribution in [3.63, 3.8) is 0 Å². The van der Waals surface area contributed by atoms with Crippen LogP contribution in [0.3, 0.4) is 0 Å². The van der Waals surface area contributed by atoms with Gasteiger partial charge in [-0.3, -0.25) is 19.5 Å². The van der Waals surface area contributed by atoms with Gasteiger partial charge in [0.2, 0.25) is 5.91 Å². The first-order valence-electron chi connectivity index (χ1n) is 9.59. The molecule has 2 aromatic heterocycles. The molecule has 0 aromatic carbocycles. The van der Waals surface area contributed by atoms with Gasteiger partial charge in [-0.2, -0.15) is 0 Å². The van der Waals surface area contributed by atoms with Gasteiger partial charge >= 0.3 is 0 Å². The number of amides is 2. The van der Waals surface area contributed by atoms with E-state index in [1.807, 2.05) is 28.0 Å². The second-order valence-corrected chi connectivity index (χ2v) is 7.13. The summed E-state index contributed by atoms with van der Waals surface area (Å²) in [5.41, 5.74) is 1.55. The van der Waals surface area contributed by atoms with Gasteiger partial charge in [0, 0.05) is 44.8 Å². The molecule has 0 radical (unpaired) electrons. The zero-order valence-corrected chi connectivity index (χ0v) is 15.4. The minimum atomic E-state index is -0.271. The molecule has 2 amide bonds. The molecule has 2 aliphatic heterocycles. The molecule has 0 bridgehead atoms. The topological polar surface area (TPSA) is 72.5 Å². The van der Waals surface area contributed by atoms with E-state index in [1.165, 1.54) is 0 Å². The number of nitrogens with one attached hydrogen (secondary N) is 1. The molecule has 2 aliphatic rings. The second kappa shape index (κ2) is 7.92. The lowest BCUT2D eigenvalue weighted by Gasteiger charge is -2.38. The first-order valence-corrected chi connectivity index (χ1v) is 9.59. The van der Waals surface area contributed by atoms with Crippen molar-refractivity contribution in [2.45, 2.75) is 18.9 Å². The molecule has 0 aliphatic carbocycles. The highest BCUT2D eigenvalue weighted by Gasteiger charge is 2.35. The summed E-state index contributed by atoms with van der Waals surface area (Å²) in [6.07, 6.45) is 7.54. The van der Waals surface area contributed by atoms with Crippen molar-refractivity contribution >= 4 is 11.8 Å². The van der Waals surface area contributed by atoms with E-state index in [0.717, 1.165) is 31.5 Å². The van der Waals surface area contributed by atoms with Gasteiger partial charge in [0.25, 0.3) is 5.91 Å². The predicted octanol–water partition coefficient (Wildman–Crippen LogP) is 1.53. The Hall–Kier alpha value is -2.67. The minimum absolute atomic E-state index is 0.00421. The van der Waals surface area contributed by atoms with Gasteiger partial charge in [0.15, 0.2) is 0 Å². The molecule has 7 heteroatoms. The van der Waals surface area contributed by atoms with E-state index in [9.17, 15) is 9.59 Å². The molecule has 1 unspecified atom stereocenters. The van der Waals surface area contributed by atoms with Gasteiger partial charge in [-0.15, -0.1) is 0 Å². The van der Waals surface area contributed by atoms with Crippen LogP contribution >= 0.6 is 0 Å². The van der Waals surface area contributed by atoms with Crippen molar-refractivity contribution in [3.05, 3.63) is 54.1 Å². The van der Waals surface area contributed by atoms with Crippen molar-refractivity contribution in [1.29, 1.82) is 0 Å². The zero-order valence-electron chi connectivity index (χ0n) is 15.4. The summed E-state index contributed by atoms with van der Waals surface area (Å²) in [5.74, 6) is 0.118. The van der Waals surface area contributed by atoms with E-state index >= 15 is 0 Å². The number of carbonyl (C=O) groups excluding carboxylic acids is 2. The summed E-state index contributed by atoms with van der Waals surface area (Å²) in [5, 5.41) is 0. The first kappa shape index (κ1) is 17.7. The second-order valence-electron chi connectivity index (χ2n) is 7.13. The Bertz CT molecular complexity index is 763. The van der Waals surface area contributed by atoms with Crippen molar-refractivity contribution < 1.29 is 9.59 Å². The smallest absolute Gasteiger partial charge is 0.270 e. The zero-order chi connectivity index (χ0) is 18.6. The Labute approximate surface area is 159 Å². The van der Waals surface area contributed by atoms with Crippen molar-refractivity contribution in [3.8, 4) is 0 Å². The fraction of sp³-hybridized carbons (Fsp3) is 0.450. The molecule has 0 saturated carbocycles. The van der Waals surface area contributed by atoms with Crippen LogP contribution in [0.1, 0.15) is 34.9 Å². The molecule has 142 valence electrons. The van der Waals surface area contributed by atoms with Crippen molar-refractivity contribution in [2.75, 3.05) is 39.3 Å². The number of rotatable bonds is 4. The average Bonchev–Trinajstić information content (AvgIpc) is 3.43. The highest BCUT2D eigenvalue weighted by atomic mass is 16.2. The third-order valence-corrected chi connectivity index (χ3v) is 5.45. The number of piperazine rings is 1. The maximum atomic E-state index is 13.3. The van der Waals surface area contributed by atoms with Crippen molar-refractivity contribution in [2.24, 2.45) is 0 Å². The maximum Gasteiger partial charge on any atom is 0.270 e. The molecule has 4 heterocycles. The van der Waals surface area contributed by atoms with Crippen LogP contribution in [0.5, 0.6) is 0 Å². The van der Waals surface area contributed by atoms with Crippen LogP contribution in [0.25, 0.3) is 0 Å². The number of carbonyl (C=O) groups is 2. The Balaban J connectivity index is 1.44. The first-order chi connectivity index (χ1) is 13.2. The Morgan fingerprint density at radius 3 is 2.33 bits per heavy atom. The third kappa shape index (κ3) is 3.73. The van der Waals surface area contributed by atoms with Crippen LogP contribution in [0.15, 0.2) is 42.9 Å². The number of H-pyrrole nitrogens is 1. The van der Waals surface area contributed by atoms with Gasteiger partial charge in [-0.25, -0.2) is 0 Å². The Morgan fingerprint density at radius 1 is 0.963 bits per heavy atom. The number of hydrogen-bond donors (Lipinski definition) is 1. The number of hydrogen-bond acceptors (Lipinski definition) is 4. The number of aromatic amines is 1. The lowest BCUT2D eigenvalue weighted by molar-refractivity contribution is -0.138. The van der Waals surface area contributed by atoms with Crippen LogP contribution in [0, 0.1) is 0 Å². The van der Waals surface area contributed by atoms with E-state index in [-0.39, 0.29) is 17.9 Å². The Kier molecular flexibility index (Phi) is 5.20. The van der Waals surface area contributed by atoms with Gasteiger partial charge in [-0.1, -0.05) is 6.07 Å². The van der Waals surface area contributed by atoms with E-state index in [2.05, 4.69) is 14.9 Å². The third-order valence-electron chi connectivity index (χ3n) is 5.45. The van der Waals surface area contributed by atoms with Gasteiger partial charge < -0.3 is 14.8 Å². The van der Waals surface area contributed by atoms with Gasteiger partial charge in [0.05, 0.1) is 0 Å². The van der Waals surface area contributed by atoms with E-state index in [0.29, 0.717) is 31.9 Å². The summed E-state index contributed by atoms with van der Waals surface area (Å²) >= 11 is 0. The summed E-state index contributed by atoms with van der Waals surface area (Å²) in [4.78, 5) is 39.0. The van der Waals surface area contributed by atoms with E-state index < -0.39 is 0 Å². The molecule has 27 heavy (non-hydrogen) atoms.